The molecule has 1 aromatic heterocycles. The van der Waals surface area contributed by atoms with Crippen molar-refractivity contribution in [1.29, 1.82) is 0 Å². The number of alkyl halides is 3. The van der Waals surface area contributed by atoms with Gasteiger partial charge in [-0.1, -0.05) is 12.1 Å². The summed E-state index contributed by atoms with van der Waals surface area (Å²) in [6.07, 6.45) is -2.58. The number of aromatic nitrogens is 1. The molecule has 2 aromatic rings. The molecule has 6 heteroatoms. The molecule has 21 heavy (non-hydrogen) atoms. The first-order chi connectivity index (χ1) is 9.95. The molecular formula is C15H15F3N2O. The van der Waals surface area contributed by atoms with E-state index < -0.39 is 12.3 Å². The van der Waals surface area contributed by atoms with Gasteiger partial charge in [-0.05, 0) is 35.2 Å². The predicted molar refractivity (Wildman–Crippen MR) is 73.0 cm³/mol. The highest BCUT2D eigenvalue weighted by Gasteiger charge is 2.39. The number of nitrogens with zero attached hydrogens (tertiary/aromatic N) is 1. The zero-order valence-electron chi connectivity index (χ0n) is 11.2. The summed E-state index contributed by atoms with van der Waals surface area (Å²) in [4.78, 5) is 4.99. The Bertz CT molecular complexity index is 622. The number of aromatic amines is 1. The Kier molecular flexibility index (Phi) is 3.41. The molecule has 1 aliphatic rings. The van der Waals surface area contributed by atoms with Crippen molar-refractivity contribution in [2.75, 3.05) is 11.4 Å². The van der Waals surface area contributed by atoms with Crippen LogP contribution in [0.25, 0.3) is 0 Å². The Morgan fingerprint density at radius 3 is 2.76 bits per heavy atom. The minimum atomic E-state index is -4.64. The average molecular weight is 296 g/mol. The van der Waals surface area contributed by atoms with Gasteiger partial charge in [-0.2, -0.15) is 13.2 Å². The summed E-state index contributed by atoms with van der Waals surface area (Å²) in [5.74, 6) is 0. The molecule has 0 amide bonds. The maximum absolute atomic E-state index is 12.6. The zero-order valence-corrected chi connectivity index (χ0v) is 11.2. The summed E-state index contributed by atoms with van der Waals surface area (Å²) in [5.41, 5.74) is 2.76. The van der Waals surface area contributed by atoms with Crippen molar-refractivity contribution in [2.24, 2.45) is 0 Å². The van der Waals surface area contributed by atoms with Gasteiger partial charge in [0.25, 0.3) is 0 Å². The van der Waals surface area contributed by atoms with Gasteiger partial charge in [-0.25, -0.2) is 0 Å². The fraction of sp³-hybridized carbons (Fsp3) is 0.333. The highest BCUT2D eigenvalue weighted by Crippen LogP contribution is 2.37. The Morgan fingerprint density at radius 1 is 1.29 bits per heavy atom. The van der Waals surface area contributed by atoms with Gasteiger partial charge in [0.15, 0.2) is 6.10 Å². The summed E-state index contributed by atoms with van der Waals surface area (Å²) in [5, 5.41) is 9.38. The van der Waals surface area contributed by atoms with E-state index in [0.717, 1.165) is 29.8 Å². The van der Waals surface area contributed by atoms with E-state index in [9.17, 15) is 18.3 Å². The van der Waals surface area contributed by atoms with Gasteiger partial charge in [-0.3, -0.25) is 0 Å². The molecule has 0 fully saturated rings. The van der Waals surface area contributed by atoms with Gasteiger partial charge in [0, 0.05) is 31.2 Å². The number of halogens is 3. The largest absolute Gasteiger partial charge is 0.418 e. The normalized spacial score (nSPS) is 16.1. The highest BCUT2D eigenvalue weighted by molar-refractivity contribution is 5.60. The van der Waals surface area contributed by atoms with Crippen LogP contribution < -0.4 is 4.90 Å². The van der Waals surface area contributed by atoms with Crippen molar-refractivity contribution >= 4 is 5.69 Å². The minimum Gasteiger partial charge on any atom is -0.379 e. The lowest BCUT2D eigenvalue weighted by atomic mass is 10.0. The molecule has 2 N–H and O–H groups in total. The van der Waals surface area contributed by atoms with Crippen LogP contribution in [0.4, 0.5) is 18.9 Å². The second kappa shape index (κ2) is 5.11. The molecule has 0 saturated carbocycles. The summed E-state index contributed by atoms with van der Waals surface area (Å²) in [6.45, 7) is 1.41. The lowest BCUT2D eigenvalue weighted by molar-refractivity contribution is -0.206. The molecule has 2 heterocycles. The number of rotatable bonds is 3. The van der Waals surface area contributed by atoms with Gasteiger partial charge in [-0.15, -0.1) is 0 Å². The molecule has 3 rings (SSSR count). The van der Waals surface area contributed by atoms with Crippen LogP contribution in [0, 0.1) is 0 Å². The van der Waals surface area contributed by atoms with Crippen molar-refractivity contribution < 1.29 is 18.3 Å². The molecule has 1 atom stereocenters. The molecule has 0 saturated heterocycles. The van der Waals surface area contributed by atoms with Crippen LogP contribution in [-0.2, 0) is 13.0 Å². The quantitative estimate of drug-likeness (QED) is 0.913. The molecule has 1 unspecified atom stereocenters. The smallest absolute Gasteiger partial charge is 0.379 e. The number of fused-ring (bicyclic) bond motifs is 1. The topological polar surface area (TPSA) is 39.3 Å². The number of aliphatic hydroxyl groups is 1. The van der Waals surface area contributed by atoms with E-state index in [-0.39, 0.29) is 5.56 Å². The number of H-pyrrole nitrogens is 1. The summed E-state index contributed by atoms with van der Waals surface area (Å²) < 4.78 is 37.9. The molecule has 0 aliphatic carbocycles. The van der Waals surface area contributed by atoms with Crippen LogP contribution in [0.2, 0.25) is 0 Å². The van der Waals surface area contributed by atoms with Crippen LogP contribution in [0.3, 0.4) is 0 Å². The molecule has 112 valence electrons. The number of aliphatic hydroxyl groups excluding tert-OH is 1. The molecule has 0 radical (unpaired) electrons. The number of anilines is 1. The summed E-state index contributed by atoms with van der Waals surface area (Å²) >= 11 is 0. The second-order valence-corrected chi connectivity index (χ2v) is 5.22. The third-order valence-electron chi connectivity index (χ3n) is 3.76. The van der Waals surface area contributed by atoms with Crippen molar-refractivity contribution in [3.8, 4) is 0 Å². The third-order valence-corrected chi connectivity index (χ3v) is 3.76. The SMILES string of the molecule is OC(c1ccc2c(c1)N(Cc1cc[nH]c1)CC2)C(F)(F)F. The van der Waals surface area contributed by atoms with Crippen molar-refractivity contribution in [2.45, 2.75) is 25.2 Å². The molecule has 1 aliphatic heterocycles. The number of hydrogen-bond acceptors (Lipinski definition) is 2. The molecule has 1 aromatic carbocycles. The first-order valence-electron chi connectivity index (χ1n) is 6.69. The maximum atomic E-state index is 12.6. The van der Waals surface area contributed by atoms with Crippen molar-refractivity contribution in [3.63, 3.8) is 0 Å². The number of nitrogens with one attached hydrogen (secondary N) is 1. The van der Waals surface area contributed by atoms with E-state index in [2.05, 4.69) is 4.98 Å². The minimum absolute atomic E-state index is 0.109. The lowest BCUT2D eigenvalue weighted by Gasteiger charge is -2.21. The van der Waals surface area contributed by atoms with Gasteiger partial charge < -0.3 is 15.0 Å². The Balaban J connectivity index is 1.87. The third kappa shape index (κ3) is 2.76. The summed E-state index contributed by atoms with van der Waals surface area (Å²) in [7, 11) is 0. The Morgan fingerprint density at radius 2 is 2.10 bits per heavy atom. The van der Waals surface area contributed by atoms with E-state index in [1.165, 1.54) is 12.1 Å². The van der Waals surface area contributed by atoms with Crippen LogP contribution in [0.1, 0.15) is 22.8 Å². The number of benzene rings is 1. The van der Waals surface area contributed by atoms with Crippen molar-refractivity contribution in [1.82, 2.24) is 4.98 Å². The van der Waals surface area contributed by atoms with Gasteiger partial charge >= 0.3 is 6.18 Å². The monoisotopic (exact) mass is 296 g/mol. The average Bonchev–Trinajstić information content (AvgIpc) is 3.07. The van der Waals surface area contributed by atoms with E-state index in [1.807, 2.05) is 23.4 Å². The van der Waals surface area contributed by atoms with E-state index in [4.69, 9.17) is 0 Å². The van der Waals surface area contributed by atoms with Gasteiger partial charge in [0.05, 0.1) is 0 Å². The van der Waals surface area contributed by atoms with Crippen LogP contribution in [-0.4, -0.2) is 22.8 Å². The first kappa shape index (κ1) is 14.0. The van der Waals surface area contributed by atoms with Crippen molar-refractivity contribution in [3.05, 3.63) is 53.3 Å². The molecule has 0 bridgehead atoms. The van der Waals surface area contributed by atoms with Gasteiger partial charge in [0.1, 0.15) is 0 Å². The second-order valence-electron chi connectivity index (χ2n) is 5.22. The zero-order chi connectivity index (χ0) is 15.0. The van der Waals surface area contributed by atoms with E-state index >= 15 is 0 Å². The standard InChI is InChI=1S/C15H15F3N2O/c16-15(17,18)14(21)12-2-1-11-4-6-20(13(11)7-12)9-10-3-5-19-8-10/h1-3,5,7-8,14,19,21H,4,6,9H2. The summed E-state index contributed by atoms with van der Waals surface area (Å²) in [6, 6.07) is 6.42. The lowest BCUT2D eigenvalue weighted by Crippen LogP contribution is -2.22. The predicted octanol–water partition coefficient (Wildman–Crippen LogP) is 3.17. The molecular weight excluding hydrogens is 281 g/mol. The van der Waals surface area contributed by atoms with Crippen LogP contribution >= 0.6 is 0 Å². The van der Waals surface area contributed by atoms with Crippen LogP contribution in [0.15, 0.2) is 36.7 Å². The first-order valence-corrected chi connectivity index (χ1v) is 6.69. The van der Waals surface area contributed by atoms with E-state index in [1.54, 1.807) is 6.07 Å². The fourth-order valence-corrected chi connectivity index (χ4v) is 2.66. The fourth-order valence-electron chi connectivity index (χ4n) is 2.66. The number of hydrogen-bond donors (Lipinski definition) is 2. The molecule has 3 nitrogen and oxygen atoms in total. The van der Waals surface area contributed by atoms with Gasteiger partial charge in [0.2, 0.25) is 0 Å². The van der Waals surface area contributed by atoms with Crippen LogP contribution in [0.5, 0.6) is 0 Å². The maximum Gasteiger partial charge on any atom is 0.418 e. The molecule has 0 spiro atoms. The highest BCUT2D eigenvalue weighted by atomic mass is 19.4. The Hall–Kier alpha value is -1.95. The van der Waals surface area contributed by atoms with E-state index in [0.29, 0.717) is 6.54 Å². The Labute approximate surface area is 120 Å².